The summed E-state index contributed by atoms with van der Waals surface area (Å²) in [6.45, 7) is 5.26. The van der Waals surface area contributed by atoms with Gasteiger partial charge in [-0.1, -0.05) is 56.7 Å². The number of aryl methyl sites for hydroxylation is 1. The molecule has 0 bridgehead atoms. The summed E-state index contributed by atoms with van der Waals surface area (Å²) < 4.78 is 49.1. The summed E-state index contributed by atoms with van der Waals surface area (Å²) in [6.07, 6.45) is 12.4. The van der Waals surface area contributed by atoms with Gasteiger partial charge in [-0.3, -0.25) is 0 Å². The lowest BCUT2D eigenvalue weighted by atomic mass is 9.55. The zero-order valence-corrected chi connectivity index (χ0v) is 26.3. The highest BCUT2D eigenvalue weighted by Gasteiger charge is 2.58. The van der Waals surface area contributed by atoms with E-state index in [0.717, 1.165) is 62.1 Å². The molecule has 3 aromatic rings. The molecule has 1 fully saturated rings. The fraction of sp³-hybridized carbons (Fsp3) is 0.395. The van der Waals surface area contributed by atoms with E-state index in [2.05, 4.69) is 79.1 Å². The molecule has 0 N–H and O–H groups in total. The number of fused-ring (bicyclic) bond motifs is 6. The van der Waals surface area contributed by atoms with Gasteiger partial charge in [-0.25, -0.2) is 0 Å². The Labute approximate surface area is 264 Å². The second-order valence-corrected chi connectivity index (χ2v) is 13.7. The van der Waals surface area contributed by atoms with E-state index in [1.165, 1.54) is 33.2 Å². The summed E-state index contributed by atoms with van der Waals surface area (Å²) in [6, 6.07) is 19.3. The first kappa shape index (κ1) is 28.6. The second-order valence-electron chi connectivity index (χ2n) is 13.7. The van der Waals surface area contributed by atoms with E-state index in [1.54, 1.807) is 13.2 Å². The van der Waals surface area contributed by atoms with Gasteiger partial charge in [0.25, 0.3) is 0 Å². The summed E-state index contributed by atoms with van der Waals surface area (Å²) >= 11 is 0. The Kier molecular flexibility index (Phi) is 6.74. The maximum atomic E-state index is 15.2. The maximum Gasteiger partial charge on any atom is 0.725 e. The number of hydrogen-bond acceptors (Lipinski definition) is 3. The van der Waals surface area contributed by atoms with Crippen molar-refractivity contribution < 1.29 is 27.3 Å². The Morgan fingerprint density at radius 1 is 1.09 bits per heavy atom. The Morgan fingerprint density at radius 2 is 1.93 bits per heavy atom. The molecule has 4 atom stereocenters. The molecular formula is C38H40BF2NO3. The van der Waals surface area contributed by atoms with Gasteiger partial charge in [0, 0.05) is 29.6 Å². The van der Waals surface area contributed by atoms with E-state index >= 15 is 8.63 Å². The average molecular weight is 608 g/mol. The van der Waals surface area contributed by atoms with Crippen LogP contribution >= 0.6 is 0 Å². The standard InChI is InChI=1S/C38H40BF2NO3/c1-4-5-21-42-33(30-11-6-9-24-10-7-13-34(42)36(24)30)12-8-14-35-31-23-32-29-17-15-25-22-26(43-3)16-18-27(25)28(29)19-20-38(32,2)37(31)45-39(40,41)44-35/h6-14,16,18,22,28-29,32H,4-5,15,17,19-21,23H2,1-3H3. The van der Waals surface area contributed by atoms with Crippen molar-refractivity contribution in [3.8, 4) is 5.75 Å². The minimum atomic E-state index is -4.45. The smallest absolute Gasteiger partial charge is 0.630 e. The molecule has 5 aliphatic rings. The maximum absolute atomic E-state index is 15.2. The number of rotatable bonds is 6. The molecule has 2 aliphatic heterocycles. The molecule has 0 amide bonds. The van der Waals surface area contributed by atoms with E-state index in [9.17, 15) is 0 Å². The number of benzene rings is 3. The first-order valence-electron chi connectivity index (χ1n) is 16.6. The molecule has 4 unspecified atom stereocenters. The molecule has 1 saturated carbocycles. The van der Waals surface area contributed by atoms with Crippen LogP contribution in [0.2, 0.25) is 0 Å². The van der Waals surface area contributed by atoms with Crippen LogP contribution in [0.3, 0.4) is 0 Å². The van der Waals surface area contributed by atoms with Crippen molar-refractivity contribution in [1.29, 1.82) is 0 Å². The zero-order chi connectivity index (χ0) is 30.9. The number of allylic oxidation sites excluding steroid dienone is 5. The van der Waals surface area contributed by atoms with Crippen LogP contribution in [-0.4, -0.2) is 31.0 Å². The van der Waals surface area contributed by atoms with Gasteiger partial charge in [-0.05, 0) is 90.6 Å². The molecule has 0 saturated heterocycles. The summed E-state index contributed by atoms with van der Waals surface area (Å²) in [5, 5.41) is 2.46. The third-order valence-electron chi connectivity index (χ3n) is 11.3. The van der Waals surface area contributed by atoms with Gasteiger partial charge in [-0.15, -0.1) is 0 Å². The number of hydrogen-bond donors (Lipinski definition) is 0. The summed E-state index contributed by atoms with van der Waals surface area (Å²) in [7, 11) is -2.74. The highest BCUT2D eigenvalue weighted by atomic mass is 19.3. The number of unbranched alkanes of at least 4 members (excludes halogenated alkanes) is 1. The normalized spacial score (nSPS) is 28.6. The van der Waals surface area contributed by atoms with Crippen molar-refractivity contribution in [2.75, 3.05) is 13.7 Å². The van der Waals surface area contributed by atoms with Crippen LogP contribution in [0.4, 0.5) is 14.3 Å². The predicted molar refractivity (Wildman–Crippen MR) is 175 cm³/mol. The van der Waals surface area contributed by atoms with Gasteiger partial charge in [0.2, 0.25) is 11.4 Å². The lowest BCUT2D eigenvalue weighted by Gasteiger charge is -2.51. The molecule has 0 spiro atoms. The topological polar surface area (TPSA) is 30.7 Å². The molecule has 0 radical (unpaired) electrons. The van der Waals surface area contributed by atoms with Gasteiger partial charge in [0.05, 0.1) is 29.6 Å². The fourth-order valence-electron chi connectivity index (χ4n) is 9.26. The molecule has 7 heteroatoms. The Balaban J connectivity index is 1.13. The lowest BCUT2D eigenvalue weighted by molar-refractivity contribution is -0.436. The van der Waals surface area contributed by atoms with Crippen molar-refractivity contribution in [3.63, 3.8) is 0 Å². The third-order valence-corrected chi connectivity index (χ3v) is 11.3. The molecule has 232 valence electrons. The third kappa shape index (κ3) is 4.48. The highest BCUT2D eigenvalue weighted by molar-refractivity contribution is 6.53. The first-order chi connectivity index (χ1) is 21.8. The molecule has 4 nitrogen and oxygen atoms in total. The van der Waals surface area contributed by atoms with E-state index in [0.29, 0.717) is 24.0 Å². The molecule has 3 aliphatic carbocycles. The van der Waals surface area contributed by atoms with Crippen molar-refractivity contribution in [2.45, 2.75) is 64.7 Å². The van der Waals surface area contributed by atoms with Crippen molar-refractivity contribution in [2.24, 2.45) is 17.3 Å². The highest BCUT2D eigenvalue weighted by Crippen LogP contribution is 2.65. The molecule has 45 heavy (non-hydrogen) atoms. The van der Waals surface area contributed by atoms with Gasteiger partial charge < -0.3 is 22.7 Å². The largest absolute Gasteiger partial charge is 0.725 e. The van der Waals surface area contributed by atoms with E-state index in [1.807, 2.05) is 6.08 Å². The fourth-order valence-corrected chi connectivity index (χ4v) is 9.26. The average Bonchev–Trinajstić information content (AvgIpc) is 3.51. The molecule has 3 aromatic carbocycles. The van der Waals surface area contributed by atoms with Crippen LogP contribution in [0.25, 0.3) is 10.8 Å². The Hall–Kier alpha value is -3.87. The van der Waals surface area contributed by atoms with Gasteiger partial charge in [0.15, 0.2) is 0 Å². The van der Waals surface area contributed by atoms with Gasteiger partial charge >= 0.3 is 7.11 Å². The van der Waals surface area contributed by atoms with Crippen LogP contribution in [0.1, 0.15) is 75.0 Å². The second kappa shape index (κ2) is 10.6. The van der Waals surface area contributed by atoms with Crippen molar-refractivity contribution >= 4 is 29.3 Å². The summed E-state index contributed by atoms with van der Waals surface area (Å²) in [4.78, 5) is 0. The number of halogens is 2. The van der Waals surface area contributed by atoms with Crippen molar-refractivity contribution in [3.05, 3.63) is 107 Å². The number of nitrogens with zero attached hydrogens (tertiary/aromatic N) is 1. The number of ether oxygens (including phenoxy) is 1. The minimum absolute atomic E-state index is 0.234. The zero-order valence-electron chi connectivity index (χ0n) is 26.3. The number of methoxy groups -OCH3 is 1. The molecule has 2 heterocycles. The minimum Gasteiger partial charge on any atom is -0.630 e. The van der Waals surface area contributed by atoms with Crippen LogP contribution < -0.4 is 4.74 Å². The van der Waals surface area contributed by atoms with Crippen molar-refractivity contribution in [1.82, 2.24) is 0 Å². The van der Waals surface area contributed by atoms with Crippen LogP contribution in [-0.2, 0) is 15.7 Å². The molecule has 8 rings (SSSR count). The van der Waals surface area contributed by atoms with E-state index in [-0.39, 0.29) is 11.7 Å². The van der Waals surface area contributed by atoms with Crippen LogP contribution in [0.5, 0.6) is 5.75 Å². The molecular weight excluding hydrogens is 567 g/mol. The van der Waals surface area contributed by atoms with Gasteiger partial charge in [-0.2, -0.15) is 4.58 Å². The SMILES string of the molecule is CCCC[N+]1=C(C=CC=C2O[B-](F)(F)OC3=C2CC2C4CCc5cc(OC)ccc5C4CCC32C)c2cccc3cccc1c23. The van der Waals surface area contributed by atoms with Gasteiger partial charge in [0.1, 0.15) is 12.3 Å². The lowest BCUT2D eigenvalue weighted by Crippen LogP contribution is -2.44. The van der Waals surface area contributed by atoms with Crippen LogP contribution in [0, 0.1) is 17.3 Å². The first-order valence-corrected chi connectivity index (χ1v) is 16.6. The quantitative estimate of drug-likeness (QED) is 0.207. The van der Waals surface area contributed by atoms with Crippen LogP contribution in [0.15, 0.2) is 89.9 Å². The monoisotopic (exact) mass is 607 g/mol. The summed E-state index contributed by atoms with van der Waals surface area (Å²) in [5.74, 6) is 2.71. The Bertz CT molecular complexity index is 1840. The predicted octanol–water partition coefficient (Wildman–Crippen LogP) is 9.38. The molecule has 0 aromatic heterocycles. The van der Waals surface area contributed by atoms with E-state index in [4.69, 9.17) is 14.0 Å². The Morgan fingerprint density at radius 3 is 2.76 bits per heavy atom. The summed E-state index contributed by atoms with van der Waals surface area (Å²) in [5.41, 5.74) is 6.65. The van der Waals surface area contributed by atoms with E-state index < -0.39 is 12.5 Å².